The van der Waals surface area contributed by atoms with E-state index >= 15 is 0 Å². The van der Waals surface area contributed by atoms with Crippen LogP contribution in [0.25, 0.3) is 0 Å². The summed E-state index contributed by atoms with van der Waals surface area (Å²) in [5, 5.41) is 0. The molecule has 1 heterocycles. The molecule has 0 aliphatic rings. The predicted octanol–water partition coefficient (Wildman–Crippen LogP) is 3.51. The number of methoxy groups -OCH3 is 1. The van der Waals surface area contributed by atoms with E-state index in [0.717, 1.165) is 27.3 Å². The molecule has 100 valence electrons. The summed E-state index contributed by atoms with van der Waals surface area (Å²) in [6.07, 6.45) is 1.67. The lowest BCUT2D eigenvalue weighted by atomic mass is 10.2. The SMILES string of the molecule is COc1ccccc1N(C)c1ncc(N)c(C)c1Br. The van der Waals surface area contributed by atoms with Crippen LogP contribution in [0.5, 0.6) is 5.75 Å². The van der Waals surface area contributed by atoms with Gasteiger partial charge in [-0.15, -0.1) is 0 Å². The second-order valence-corrected chi connectivity index (χ2v) is 5.00. The highest BCUT2D eigenvalue weighted by molar-refractivity contribution is 9.10. The van der Waals surface area contributed by atoms with Gasteiger partial charge in [-0.25, -0.2) is 4.98 Å². The van der Waals surface area contributed by atoms with Gasteiger partial charge in [-0.05, 0) is 40.5 Å². The van der Waals surface area contributed by atoms with Crippen molar-refractivity contribution in [3.8, 4) is 5.75 Å². The van der Waals surface area contributed by atoms with E-state index in [1.165, 1.54) is 0 Å². The molecule has 1 aromatic heterocycles. The Kier molecular flexibility index (Phi) is 3.95. The molecule has 0 saturated heterocycles. The molecule has 2 aromatic rings. The van der Waals surface area contributed by atoms with Crippen LogP contribution in [0.4, 0.5) is 17.2 Å². The molecule has 0 spiro atoms. The maximum Gasteiger partial charge on any atom is 0.147 e. The third-order valence-electron chi connectivity index (χ3n) is 3.05. The van der Waals surface area contributed by atoms with Gasteiger partial charge >= 0.3 is 0 Å². The van der Waals surface area contributed by atoms with Gasteiger partial charge in [0.25, 0.3) is 0 Å². The van der Waals surface area contributed by atoms with Crippen LogP contribution in [0.1, 0.15) is 5.56 Å². The van der Waals surface area contributed by atoms with Gasteiger partial charge in [0.2, 0.25) is 0 Å². The fourth-order valence-corrected chi connectivity index (χ4v) is 2.43. The highest BCUT2D eigenvalue weighted by atomic mass is 79.9. The number of nitrogens with zero attached hydrogens (tertiary/aromatic N) is 2. The van der Waals surface area contributed by atoms with Gasteiger partial charge in [-0.3, -0.25) is 0 Å². The standard InChI is InChI=1S/C14H16BrN3O/c1-9-10(16)8-17-14(13(9)15)18(2)11-6-4-5-7-12(11)19-3/h4-8H,16H2,1-3H3. The fraction of sp³-hybridized carbons (Fsp3) is 0.214. The molecule has 1 aromatic carbocycles. The van der Waals surface area contributed by atoms with Crippen molar-refractivity contribution in [3.05, 3.63) is 40.5 Å². The van der Waals surface area contributed by atoms with E-state index in [4.69, 9.17) is 10.5 Å². The van der Waals surface area contributed by atoms with Crippen molar-refractivity contribution in [3.63, 3.8) is 0 Å². The number of benzene rings is 1. The van der Waals surface area contributed by atoms with Crippen molar-refractivity contribution in [2.45, 2.75) is 6.92 Å². The average molecular weight is 322 g/mol. The van der Waals surface area contributed by atoms with Gasteiger partial charge in [0.15, 0.2) is 0 Å². The van der Waals surface area contributed by atoms with Crippen molar-refractivity contribution < 1.29 is 4.74 Å². The zero-order valence-corrected chi connectivity index (χ0v) is 12.7. The van der Waals surface area contributed by atoms with Crippen molar-refractivity contribution in [1.29, 1.82) is 0 Å². The van der Waals surface area contributed by atoms with E-state index in [-0.39, 0.29) is 0 Å². The first-order chi connectivity index (χ1) is 9.06. The molecule has 2 N–H and O–H groups in total. The molecule has 0 atom stereocenters. The molecule has 0 amide bonds. The Labute approximate surface area is 121 Å². The van der Waals surface area contributed by atoms with Crippen molar-refractivity contribution in [2.75, 3.05) is 24.8 Å². The largest absolute Gasteiger partial charge is 0.495 e. The molecule has 0 saturated carbocycles. The second-order valence-electron chi connectivity index (χ2n) is 4.21. The maximum atomic E-state index is 5.85. The minimum absolute atomic E-state index is 0.670. The molecule has 0 unspecified atom stereocenters. The Hall–Kier alpha value is -1.75. The Morgan fingerprint density at radius 3 is 2.68 bits per heavy atom. The summed E-state index contributed by atoms with van der Waals surface area (Å²) in [7, 11) is 3.60. The molecule has 19 heavy (non-hydrogen) atoms. The zero-order valence-electron chi connectivity index (χ0n) is 11.1. The number of anilines is 3. The van der Waals surface area contributed by atoms with Gasteiger partial charge < -0.3 is 15.4 Å². The molecule has 0 bridgehead atoms. The number of nitrogen functional groups attached to an aromatic ring is 1. The van der Waals surface area contributed by atoms with Crippen LogP contribution in [0.3, 0.4) is 0 Å². The number of aromatic nitrogens is 1. The molecular formula is C14H16BrN3O. The lowest BCUT2D eigenvalue weighted by Crippen LogP contribution is -2.14. The number of halogens is 1. The van der Waals surface area contributed by atoms with Gasteiger partial charge in [-0.1, -0.05) is 12.1 Å². The summed E-state index contributed by atoms with van der Waals surface area (Å²) in [4.78, 5) is 6.36. The fourth-order valence-electron chi connectivity index (χ4n) is 1.83. The minimum atomic E-state index is 0.670. The number of ether oxygens (including phenoxy) is 1. The Bertz CT molecular complexity index is 601. The van der Waals surface area contributed by atoms with E-state index in [0.29, 0.717) is 5.69 Å². The molecule has 0 aliphatic carbocycles. The van der Waals surface area contributed by atoms with E-state index in [9.17, 15) is 0 Å². The number of hydrogen-bond acceptors (Lipinski definition) is 4. The van der Waals surface area contributed by atoms with Crippen LogP contribution < -0.4 is 15.4 Å². The molecule has 5 heteroatoms. The van der Waals surface area contributed by atoms with Crippen LogP contribution in [0, 0.1) is 6.92 Å². The summed E-state index contributed by atoms with van der Waals surface area (Å²) in [5.74, 6) is 1.60. The van der Waals surface area contributed by atoms with Crippen molar-refractivity contribution >= 4 is 33.1 Å². The van der Waals surface area contributed by atoms with E-state index < -0.39 is 0 Å². The first-order valence-electron chi connectivity index (χ1n) is 5.83. The molecule has 2 rings (SSSR count). The molecule has 0 aliphatic heterocycles. The van der Waals surface area contributed by atoms with Gasteiger partial charge in [-0.2, -0.15) is 0 Å². The maximum absolute atomic E-state index is 5.85. The van der Waals surface area contributed by atoms with Crippen LogP contribution in [0.2, 0.25) is 0 Å². The van der Waals surface area contributed by atoms with Crippen LogP contribution in [-0.2, 0) is 0 Å². The number of nitrogens with two attached hydrogens (primary N) is 1. The Balaban J connectivity index is 2.50. The highest BCUT2D eigenvalue weighted by Gasteiger charge is 2.15. The first kappa shape index (κ1) is 13.7. The second kappa shape index (κ2) is 5.48. The van der Waals surface area contributed by atoms with Crippen LogP contribution >= 0.6 is 15.9 Å². The third-order valence-corrected chi connectivity index (χ3v) is 4.00. The highest BCUT2D eigenvalue weighted by Crippen LogP contribution is 2.37. The summed E-state index contributed by atoms with van der Waals surface area (Å²) in [5.41, 5.74) is 8.44. The first-order valence-corrected chi connectivity index (χ1v) is 6.63. The molecular weight excluding hydrogens is 306 g/mol. The smallest absolute Gasteiger partial charge is 0.147 e. The van der Waals surface area contributed by atoms with Gasteiger partial charge in [0.1, 0.15) is 11.6 Å². The summed E-state index contributed by atoms with van der Waals surface area (Å²) in [6, 6.07) is 7.81. The summed E-state index contributed by atoms with van der Waals surface area (Å²) in [6.45, 7) is 1.96. The van der Waals surface area contributed by atoms with Crippen molar-refractivity contribution in [1.82, 2.24) is 4.98 Å². The molecule has 0 radical (unpaired) electrons. The van der Waals surface area contributed by atoms with Gasteiger partial charge in [0, 0.05) is 7.05 Å². The molecule has 4 nitrogen and oxygen atoms in total. The normalized spacial score (nSPS) is 10.3. The summed E-state index contributed by atoms with van der Waals surface area (Å²) >= 11 is 3.55. The van der Waals surface area contributed by atoms with E-state index in [1.54, 1.807) is 13.3 Å². The summed E-state index contributed by atoms with van der Waals surface area (Å²) < 4.78 is 6.26. The lowest BCUT2D eigenvalue weighted by Gasteiger charge is -2.22. The van der Waals surface area contributed by atoms with E-state index in [1.807, 2.05) is 43.1 Å². The molecule has 0 fully saturated rings. The topological polar surface area (TPSA) is 51.4 Å². The van der Waals surface area contributed by atoms with E-state index in [2.05, 4.69) is 20.9 Å². The Morgan fingerprint density at radius 2 is 2.00 bits per heavy atom. The van der Waals surface area contributed by atoms with Crippen LogP contribution in [-0.4, -0.2) is 19.1 Å². The number of rotatable bonds is 3. The lowest BCUT2D eigenvalue weighted by molar-refractivity contribution is 0.415. The quantitative estimate of drug-likeness (QED) is 0.939. The minimum Gasteiger partial charge on any atom is -0.495 e. The predicted molar refractivity (Wildman–Crippen MR) is 82.1 cm³/mol. The number of hydrogen-bond donors (Lipinski definition) is 1. The number of para-hydroxylation sites is 2. The third kappa shape index (κ3) is 2.51. The van der Waals surface area contributed by atoms with Crippen molar-refractivity contribution in [2.24, 2.45) is 0 Å². The van der Waals surface area contributed by atoms with Gasteiger partial charge in [0.05, 0.1) is 29.2 Å². The Morgan fingerprint density at radius 1 is 1.32 bits per heavy atom. The number of pyridine rings is 1. The average Bonchev–Trinajstić information content (AvgIpc) is 2.44. The zero-order chi connectivity index (χ0) is 14.0. The van der Waals surface area contributed by atoms with Crippen LogP contribution in [0.15, 0.2) is 34.9 Å². The monoisotopic (exact) mass is 321 g/mol.